The number of hydrogen-bond donors (Lipinski definition) is 1. The van der Waals surface area contributed by atoms with Gasteiger partial charge in [0.15, 0.2) is 11.5 Å². The predicted molar refractivity (Wildman–Crippen MR) is 105 cm³/mol. The zero-order valence-corrected chi connectivity index (χ0v) is 15.7. The van der Waals surface area contributed by atoms with Crippen molar-refractivity contribution in [3.63, 3.8) is 0 Å². The number of H-pyrrole nitrogens is 1. The molecule has 1 N–H and O–H groups in total. The van der Waals surface area contributed by atoms with Crippen molar-refractivity contribution in [2.45, 2.75) is 13.1 Å². The van der Waals surface area contributed by atoms with Crippen LogP contribution in [-0.2, 0) is 13.1 Å². The molecule has 3 rings (SSSR count). The number of benzene rings is 2. The molecule has 6 nitrogen and oxygen atoms in total. The first kappa shape index (κ1) is 19.4. The Kier molecular flexibility index (Phi) is 5.92. The summed E-state index contributed by atoms with van der Waals surface area (Å²) in [6, 6.07) is 9.47. The highest BCUT2D eigenvalue weighted by Crippen LogP contribution is 2.29. The number of rotatable bonds is 7. The van der Waals surface area contributed by atoms with Gasteiger partial charge in [-0.2, -0.15) is 0 Å². The molecule has 0 atom stereocenters. The molecule has 0 aliphatic carbocycles. The van der Waals surface area contributed by atoms with Gasteiger partial charge in [-0.3, -0.25) is 9.69 Å². The normalized spacial score (nSPS) is 10.8. The largest absolute Gasteiger partial charge is 0.493 e. The summed E-state index contributed by atoms with van der Waals surface area (Å²) >= 11 is 0. The average molecular weight is 381 g/mol. The number of aromatic nitrogens is 2. The molecular formula is C21H20FN3O3. The average Bonchev–Trinajstić information content (AvgIpc) is 2.69. The van der Waals surface area contributed by atoms with Crippen molar-refractivity contribution in [1.29, 1.82) is 0 Å². The number of nitrogens with zero attached hydrogens (tertiary/aromatic N) is 2. The fourth-order valence-corrected chi connectivity index (χ4v) is 2.95. The lowest BCUT2D eigenvalue weighted by Gasteiger charge is -2.19. The first-order chi connectivity index (χ1) is 13.5. The molecule has 0 spiro atoms. The minimum Gasteiger partial charge on any atom is -0.493 e. The monoisotopic (exact) mass is 381 g/mol. The predicted octanol–water partition coefficient (Wildman–Crippen LogP) is 2.71. The number of methoxy groups -OCH3 is 2. The van der Waals surface area contributed by atoms with E-state index in [2.05, 4.69) is 15.9 Å². The van der Waals surface area contributed by atoms with Crippen molar-refractivity contribution < 1.29 is 13.9 Å². The molecule has 0 aliphatic rings. The van der Waals surface area contributed by atoms with Gasteiger partial charge in [0.1, 0.15) is 11.6 Å². The van der Waals surface area contributed by atoms with Gasteiger partial charge in [0.2, 0.25) is 0 Å². The second-order valence-electron chi connectivity index (χ2n) is 6.21. The number of aromatic amines is 1. The van der Waals surface area contributed by atoms with Crippen molar-refractivity contribution in [2.24, 2.45) is 0 Å². The van der Waals surface area contributed by atoms with E-state index in [1.807, 2.05) is 4.90 Å². The number of halogens is 1. The molecule has 3 aromatic rings. The van der Waals surface area contributed by atoms with Gasteiger partial charge in [-0.05, 0) is 23.8 Å². The van der Waals surface area contributed by atoms with E-state index in [-0.39, 0.29) is 11.4 Å². The standard InChI is InChI=1S/C21H20FN3O3/c1-4-9-25(12-14-5-7-15(22)8-6-14)13-20-23-17-11-19(28-3)18(27-2)10-16(17)21(26)24-20/h1,5-8,10-11H,9,12-13H2,2-3H3,(H,23,24,26). The molecule has 1 aromatic heterocycles. The van der Waals surface area contributed by atoms with Crippen molar-refractivity contribution in [3.8, 4) is 23.8 Å². The van der Waals surface area contributed by atoms with Crippen LogP contribution in [0.15, 0.2) is 41.2 Å². The Labute approximate surface area is 161 Å². The van der Waals surface area contributed by atoms with Gasteiger partial charge in [-0.15, -0.1) is 6.42 Å². The second-order valence-corrected chi connectivity index (χ2v) is 6.21. The lowest BCUT2D eigenvalue weighted by atomic mass is 10.2. The topological polar surface area (TPSA) is 67.5 Å². The van der Waals surface area contributed by atoms with Gasteiger partial charge in [0.25, 0.3) is 5.56 Å². The number of hydrogen-bond acceptors (Lipinski definition) is 5. The van der Waals surface area contributed by atoms with Gasteiger partial charge in [-0.25, -0.2) is 9.37 Å². The molecule has 0 aliphatic heterocycles. The number of fused-ring (bicyclic) bond motifs is 1. The Hall–Kier alpha value is -3.37. The minimum atomic E-state index is -0.294. The molecule has 0 fully saturated rings. The van der Waals surface area contributed by atoms with Crippen LogP contribution in [0.1, 0.15) is 11.4 Å². The van der Waals surface area contributed by atoms with Crippen LogP contribution in [-0.4, -0.2) is 35.6 Å². The molecule has 28 heavy (non-hydrogen) atoms. The lowest BCUT2D eigenvalue weighted by molar-refractivity contribution is 0.283. The van der Waals surface area contributed by atoms with Gasteiger partial charge >= 0.3 is 0 Å². The van der Waals surface area contributed by atoms with Gasteiger partial charge in [0, 0.05) is 12.6 Å². The zero-order valence-electron chi connectivity index (χ0n) is 15.7. The van der Waals surface area contributed by atoms with Crippen molar-refractivity contribution in [1.82, 2.24) is 14.9 Å². The number of ether oxygens (including phenoxy) is 2. The third-order valence-electron chi connectivity index (χ3n) is 4.27. The van der Waals surface area contributed by atoms with Crippen LogP contribution < -0.4 is 15.0 Å². The van der Waals surface area contributed by atoms with Crippen LogP contribution in [0.2, 0.25) is 0 Å². The summed E-state index contributed by atoms with van der Waals surface area (Å²) in [5.41, 5.74) is 1.13. The van der Waals surface area contributed by atoms with E-state index in [0.29, 0.717) is 47.9 Å². The molecule has 0 bridgehead atoms. The molecule has 0 unspecified atom stereocenters. The smallest absolute Gasteiger partial charge is 0.258 e. The third kappa shape index (κ3) is 4.30. The van der Waals surface area contributed by atoms with E-state index in [0.717, 1.165) is 5.56 Å². The molecule has 7 heteroatoms. The SMILES string of the molecule is C#CCN(Cc1ccc(F)cc1)Cc1nc2cc(OC)c(OC)cc2c(=O)[nH]1. The van der Waals surface area contributed by atoms with Crippen molar-refractivity contribution in [3.05, 3.63) is 64.0 Å². The fraction of sp³-hybridized carbons (Fsp3) is 0.238. The maximum Gasteiger partial charge on any atom is 0.258 e. The summed E-state index contributed by atoms with van der Waals surface area (Å²) in [7, 11) is 3.03. The lowest BCUT2D eigenvalue weighted by Crippen LogP contribution is -2.26. The summed E-state index contributed by atoms with van der Waals surface area (Å²) in [4.78, 5) is 21.8. The summed E-state index contributed by atoms with van der Waals surface area (Å²) in [5, 5.41) is 0.406. The Morgan fingerprint density at radius 3 is 2.46 bits per heavy atom. The fourth-order valence-electron chi connectivity index (χ4n) is 2.95. The van der Waals surface area contributed by atoms with E-state index in [1.165, 1.54) is 26.4 Å². The van der Waals surface area contributed by atoms with Gasteiger partial charge in [0.05, 0.1) is 38.2 Å². The maximum atomic E-state index is 13.1. The van der Waals surface area contributed by atoms with Crippen molar-refractivity contribution in [2.75, 3.05) is 20.8 Å². The molecule has 0 saturated carbocycles. The maximum absolute atomic E-state index is 13.1. The Bertz CT molecular complexity index is 1070. The molecule has 2 aromatic carbocycles. The van der Waals surface area contributed by atoms with Gasteiger partial charge < -0.3 is 14.5 Å². The Morgan fingerprint density at radius 1 is 1.14 bits per heavy atom. The summed E-state index contributed by atoms with van der Waals surface area (Å²) < 4.78 is 23.6. The Morgan fingerprint density at radius 2 is 1.82 bits per heavy atom. The quantitative estimate of drug-likeness (QED) is 0.638. The van der Waals surface area contributed by atoms with Crippen LogP contribution in [0.25, 0.3) is 10.9 Å². The second kappa shape index (κ2) is 8.55. The molecule has 144 valence electrons. The number of nitrogens with one attached hydrogen (secondary N) is 1. The van der Waals surface area contributed by atoms with Crippen LogP contribution in [0.5, 0.6) is 11.5 Å². The highest BCUT2D eigenvalue weighted by atomic mass is 19.1. The molecule has 1 heterocycles. The molecular weight excluding hydrogens is 361 g/mol. The number of terminal acetylenes is 1. The summed E-state index contributed by atoms with van der Waals surface area (Å²) in [6.45, 7) is 1.18. The molecule has 0 amide bonds. The van der Waals surface area contributed by atoms with E-state index in [4.69, 9.17) is 15.9 Å². The molecule has 0 radical (unpaired) electrons. The highest BCUT2D eigenvalue weighted by Gasteiger charge is 2.13. The van der Waals surface area contributed by atoms with Gasteiger partial charge in [-0.1, -0.05) is 18.1 Å². The Balaban J connectivity index is 1.91. The van der Waals surface area contributed by atoms with Crippen LogP contribution in [0.3, 0.4) is 0 Å². The molecule has 0 saturated heterocycles. The third-order valence-corrected chi connectivity index (χ3v) is 4.27. The zero-order chi connectivity index (χ0) is 20.1. The van der Waals surface area contributed by atoms with Crippen LogP contribution in [0.4, 0.5) is 4.39 Å². The summed E-state index contributed by atoms with van der Waals surface area (Å²) in [6.07, 6.45) is 5.48. The first-order valence-corrected chi connectivity index (χ1v) is 8.59. The van der Waals surface area contributed by atoms with Crippen LogP contribution >= 0.6 is 0 Å². The van der Waals surface area contributed by atoms with Crippen LogP contribution in [0, 0.1) is 18.2 Å². The van der Waals surface area contributed by atoms with E-state index in [1.54, 1.807) is 24.3 Å². The van der Waals surface area contributed by atoms with E-state index in [9.17, 15) is 9.18 Å². The van der Waals surface area contributed by atoms with Crippen molar-refractivity contribution >= 4 is 10.9 Å². The van der Waals surface area contributed by atoms with E-state index >= 15 is 0 Å². The van der Waals surface area contributed by atoms with E-state index < -0.39 is 0 Å². The first-order valence-electron chi connectivity index (χ1n) is 8.59. The summed E-state index contributed by atoms with van der Waals surface area (Å²) in [5.74, 6) is 3.73. The highest BCUT2D eigenvalue weighted by molar-refractivity contribution is 5.81. The minimum absolute atomic E-state index is 0.275.